The fraction of sp³-hybridized carbons (Fsp3) is 0.556. The zero-order valence-corrected chi connectivity index (χ0v) is 16.2. The Morgan fingerprint density at radius 1 is 1.32 bits per heavy atom. The van der Waals surface area contributed by atoms with Crippen LogP contribution in [0.3, 0.4) is 0 Å². The molecule has 1 aliphatic rings. The lowest BCUT2D eigenvalue weighted by Crippen LogP contribution is -2.38. The highest BCUT2D eigenvalue weighted by atomic mass is 32.2. The largest absolute Gasteiger partial charge is 0.344 e. The van der Waals surface area contributed by atoms with Gasteiger partial charge in [0.15, 0.2) is 9.84 Å². The van der Waals surface area contributed by atoms with Gasteiger partial charge in [-0.15, -0.1) is 0 Å². The first-order chi connectivity index (χ1) is 11.7. The molecule has 0 bridgehead atoms. The monoisotopic (exact) mass is 362 g/mol. The van der Waals surface area contributed by atoms with E-state index in [-0.39, 0.29) is 0 Å². The fourth-order valence-electron chi connectivity index (χ4n) is 3.55. The van der Waals surface area contributed by atoms with E-state index in [2.05, 4.69) is 26.8 Å². The molecule has 136 valence electrons. The van der Waals surface area contributed by atoms with Gasteiger partial charge in [0.05, 0.1) is 16.1 Å². The van der Waals surface area contributed by atoms with Gasteiger partial charge < -0.3 is 9.80 Å². The van der Waals surface area contributed by atoms with Gasteiger partial charge in [-0.1, -0.05) is 0 Å². The molecule has 1 aliphatic heterocycles. The molecule has 0 spiro atoms. The average molecular weight is 362 g/mol. The second-order valence-electron chi connectivity index (χ2n) is 7.21. The number of hydrogen-bond acceptors (Lipinski definition) is 6. The Morgan fingerprint density at radius 2 is 2.08 bits per heavy atom. The summed E-state index contributed by atoms with van der Waals surface area (Å²) >= 11 is 0. The number of aryl methyl sites for hydroxylation is 1. The Hall–Kier alpha value is -1.73. The van der Waals surface area contributed by atoms with E-state index < -0.39 is 9.84 Å². The molecule has 7 heteroatoms. The minimum atomic E-state index is -3.25. The minimum absolute atomic E-state index is 0.292. The van der Waals surface area contributed by atoms with Crippen molar-refractivity contribution in [1.82, 2.24) is 14.9 Å². The minimum Gasteiger partial charge on any atom is -0.344 e. The highest BCUT2D eigenvalue weighted by Crippen LogP contribution is 2.23. The summed E-state index contributed by atoms with van der Waals surface area (Å²) in [6.45, 7) is 5.10. The summed E-state index contributed by atoms with van der Waals surface area (Å²) in [5, 5.41) is 0.891. The number of piperidine rings is 1. The summed E-state index contributed by atoms with van der Waals surface area (Å²) in [4.78, 5) is 14.0. The molecule has 1 atom stereocenters. The molecule has 0 radical (unpaired) electrons. The lowest BCUT2D eigenvalue weighted by molar-refractivity contribution is 0.213. The maximum Gasteiger partial charge on any atom is 0.225 e. The molecule has 2 aromatic rings. The fourth-order valence-corrected chi connectivity index (χ4v) is 4.19. The van der Waals surface area contributed by atoms with Crippen LogP contribution >= 0.6 is 0 Å². The predicted octanol–water partition coefficient (Wildman–Crippen LogP) is 2.12. The van der Waals surface area contributed by atoms with Crippen LogP contribution in [-0.2, 0) is 9.84 Å². The molecular weight excluding hydrogens is 336 g/mol. The number of hydrogen-bond donors (Lipinski definition) is 0. The van der Waals surface area contributed by atoms with Crippen LogP contribution in [0.25, 0.3) is 10.9 Å². The zero-order chi connectivity index (χ0) is 18.2. The number of nitrogens with zero attached hydrogens (tertiary/aromatic N) is 4. The van der Waals surface area contributed by atoms with E-state index in [0.717, 1.165) is 24.2 Å². The van der Waals surface area contributed by atoms with Gasteiger partial charge in [-0.3, -0.25) is 0 Å². The number of fused-ring (bicyclic) bond motifs is 1. The number of anilines is 1. The summed E-state index contributed by atoms with van der Waals surface area (Å²) in [5.41, 5.74) is 1.55. The highest BCUT2D eigenvalue weighted by molar-refractivity contribution is 7.90. The van der Waals surface area contributed by atoms with E-state index in [1.165, 1.54) is 25.6 Å². The van der Waals surface area contributed by atoms with Crippen LogP contribution in [-0.4, -0.2) is 63.3 Å². The third kappa shape index (κ3) is 4.10. The van der Waals surface area contributed by atoms with Crippen LogP contribution in [0.1, 0.15) is 18.5 Å². The van der Waals surface area contributed by atoms with Gasteiger partial charge in [-0.2, -0.15) is 0 Å². The van der Waals surface area contributed by atoms with Crippen molar-refractivity contribution in [3.05, 3.63) is 23.9 Å². The van der Waals surface area contributed by atoms with Gasteiger partial charge in [0, 0.05) is 31.8 Å². The molecule has 1 fully saturated rings. The third-order valence-corrected chi connectivity index (χ3v) is 5.98. The van der Waals surface area contributed by atoms with Crippen LogP contribution in [0.4, 0.5) is 5.95 Å². The predicted molar refractivity (Wildman–Crippen MR) is 101 cm³/mol. The van der Waals surface area contributed by atoms with Crippen LogP contribution in [0, 0.1) is 12.8 Å². The van der Waals surface area contributed by atoms with Crippen molar-refractivity contribution in [3.8, 4) is 0 Å². The Kier molecular flexibility index (Phi) is 4.97. The van der Waals surface area contributed by atoms with Crippen molar-refractivity contribution in [3.63, 3.8) is 0 Å². The lowest BCUT2D eigenvalue weighted by atomic mass is 9.98. The van der Waals surface area contributed by atoms with Crippen molar-refractivity contribution in [2.24, 2.45) is 5.92 Å². The molecule has 0 saturated carbocycles. The molecule has 1 unspecified atom stereocenters. The summed E-state index contributed by atoms with van der Waals surface area (Å²) < 4.78 is 23.6. The molecule has 1 saturated heterocycles. The van der Waals surface area contributed by atoms with E-state index in [9.17, 15) is 8.42 Å². The molecule has 0 amide bonds. The van der Waals surface area contributed by atoms with Crippen molar-refractivity contribution < 1.29 is 8.42 Å². The summed E-state index contributed by atoms with van der Waals surface area (Å²) in [6.07, 6.45) is 3.67. The quantitative estimate of drug-likeness (QED) is 0.830. The maximum absolute atomic E-state index is 11.8. The standard InChI is InChI=1S/C18H26N4O2S/c1-13-16-8-7-15(25(4,23)24)10-17(16)20-18(19-13)22(3)12-14-6-5-9-21(2)11-14/h7-8,10,14H,5-6,9,11-12H2,1-4H3. The van der Waals surface area contributed by atoms with Crippen molar-refractivity contribution in [1.29, 1.82) is 0 Å². The van der Waals surface area contributed by atoms with Crippen molar-refractivity contribution in [2.45, 2.75) is 24.7 Å². The lowest BCUT2D eigenvalue weighted by Gasteiger charge is -2.32. The number of sulfone groups is 1. The normalized spacial score (nSPS) is 19.3. The number of aromatic nitrogens is 2. The van der Waals surface area contributed by atoms with Crippen LogP contribution < -0.4 is 4.90 Å². The van der Waals surface area contributed by atoms with E-state index in [1.54, 1.807) is 18.2 Å². The second-order valence-corrected chi connectivity index (χ2v) is 9.23. The third-order valence-electron chi connectivity index (χ3n) is 4.87. The Bertz CT molecular complexity index is 882. The maximum atomic E-state index is 11.8. The summed E-state index contributed by atoms with van der Waals surface area (Å²) in [6, 6.07) is 5.06. The molecule has 1 aromatic carbocycles. The number of rotatable bonds is 4. The Balaban J connectivity index is 1.90. The van der Waals surface area contributed by atoms with Gasteiger partial charge in [0.2, 0.25) is 5.95 Å². The van der Waals surface area contributed by atoms with Gasteiger partial charge in [-0.25, -0.2) is 18.4 Å². The van der Waals surface area contributed by atoms with Gasteiger partial charge in [-0.05, 0) is 57.5 Å². The summed E-state index contributed by atoms with van der Waals surface area (Å²) in [7, 11) is 0.923. The molecule has 6 nitrogen and oxygen atoms in total. The summed E-state index contributed by atoms with van der Waals surface area (Å²) in [5.74, 6) is 1.26. The van der Waals surface area contributed by atoms with Crippen LogP contribution in [0.15, 0.2) is 23.1 Å². The molecule has 1 aromatic heterocycles. The molecular formula is C18H26N4O2S. The van der Waals surface area contributed by atoms with E-state index in [1.807, 2.05) is 14.0 Å². The van der Waals surface area contributed by atoms with E-state index >= 15 is 0 Å². The topological polar surface area (TPSA) is 66.4 Å². The number of likely N-dealkylation sites (tertiary alicyclic amines) is 1. The van der Waals surface area contributed by atoms with E-state index in [4.69, 9.17) is 0 Å². The highest BCUT2D eigenvalue weighted by Gasteiger charge is 2.20. The molecule has 3 rings (SSSR count). The van der Waals surface area contributed by atoms with Crippen molar-refractivity contribution in [2.75, 3.05) is 44.9 Å². The zero-order valence-electron chi connectivity index (χ0n) is 15.4. The van der Waals surface area contributed by atoms with Crippen LogP contribution in [0.5, 0.6) is 0 Å². The van der Waals surface area contributed by atoms with Crippen LogP contribution in [0.2, 0.25) is 0 Å². The van der Waals surface area contributed by atoms with Crippen molar-refractivity contribution >= 4 is 26.7 Å². The Labute approximate surface area is 149 Å². The molecule has 2 heterocycles. The molecule has 0 N–H and O–H groups in total. The Morgan fingerprint density at radius 3 is 2.76 bits per heavy atom. The van der Waals surface area contributed by atoms with Gasteiger partial charge in [0.25, 0.3) is 0 Å². The van der Waals surface area contributed by atoms with Gasteiger partial charge in [0.1, 0.15) is 0 Å². The first-order valence-electron chi connectivity index (χ1n) is 8.62. The van der Waals surface area contributed by atoms with E-state index in [0.29, 0.717) is 22.3 Å². The number of benzene rings is 1. The first kappa shape index (κ1) is 18.1. The molecule has 0 aliphatic carbocycles. The smallest absolute Gasteiger partial charge is 0.225 e. The SMILES string of the molecule is Cc1nc(N(C)CC2CCCN(C)C2)nc2cc(S(C)(=O)=O)ccc12. The molecule has 25 heavy (non-hydrogen) atoms. The second kappa shape index (κ2) is 6.88. The average Bonchev–Trinajstić information content (AvgIpc) is 2.53. The first-order valence-corrected chi connectivity index (χ1v) is 10.5. The van der Waals surface area contributed by atoms with Gasteiger partial charge >= 0.3 is 0 Å².